The molecule has 1 aliphatic rings. The van der Waals surface area contributed by atoms with Crippen LogP contribution in [0.2, 0.25) is 0 Å². The van der Waals surface area contributed by atoms with Crippen LogP contribution in [0.15, 0.2) is 51.9 Å². The summed E-state index contributed by atoms with van der Waals surface area (Å²) >= 11 is 3.20. The molecule has 5 nitrogen and oxygen atoms in total. The van der Waals surface area contributed by atoms with Crippen LogP contribution in [0.5, 0.6) is 0 Å². The number of aliphatic imine (C=N–C) groups is 1. The first-order chi connectivity index (χ1) is 13.1. The summed E-state index contributed by atoms with van der Waals surface area (Å²) < 4.78 is 13.8. The molecular weight excluding hydrogens is 411 g/mol. The largest absolute Gasteiger partial charge is 0.356 e. The van der Waals surface area contributed by atoms with E-state index in [2.05, 4.69) is 36.9 Å². The van der Waals surface area contributed by atoms with Crippen molar-refractivity contribution in [3.8, 4) is 0 Å². The SMILES string of the molecule is CN=C(NCCc1ccc(F)c(Br)c1)NCC1CC(=O)Nc2ccccc21. The number of halogens is 2. The van der Waals surface area contributed by atoms with Crippen molar-refractivity contribution >= 4 is 33.5 Å². The van der Waals surface area contributed by atoms with Crippen LogP contribution in [0.1, 0.15) is 23.5 Å². The Kier molecular flexibility index (Phi) is 6.45. The van der Waals surface area contributed by atoms with Gasteiger partial charge in [0.25, 0.3) is 0 Å². The van der Waals surface area contributed by atoms with Crippen molar-refractivity contribution in [3.63, 3.8) is 0 Å². The molecule has 1 heterocycles. The first kappa shape index (κ1) is 19.4. The number of nitrogens with zero attached hydrogens (tertiary/aromatic N) is 1. The van der Waals surface area contributed by atoms with E-state index >= 15 is 0 Å². The maximum absolute atomic E-state index is 13.3. The van der Waals surface area contributed by atoms with Gasteiger partial charge in [-0.15, -0.1) is 0 Å². The molecule has 1 amide bonds. The van der Waals surface area contributed by atoms with E-state index in [1.54, 1.807) is 19.2 Å². The molecule has 3 rings (SSSR count). The highest BCUT2D eigenvalue weighted by atomic mass is 79.9. The van der Waals surface area contributed by atoms with E-state index in [1.807, 2.05) is 24.3 Å². The number of hydrogen-bond acceptors (Lipinski definition) is 2. The Morgan fingerprint density at radius 3 is 2.89 bits per heavy atom. The molecule has 7 heteroatoms. The normalized spacial score (nSPS) is 16.5. The van der Waals surface area contributed by atoms with Crippen molar-refractivity contribution < 1.29 is 9.18 Å². The van der Waals surface area contributed by atoms with Crippen LogP contribution in [0.25, 0.3) is 0 Å². The van der Waals surface area contributed by atoms with Gasteiger partial charge in [0.1, 0.15) is 5.82 Å². The fourth-order valence-electron chi connectivity index (χ4n) is 3.14. The Balaban J connectivity index is 1.52. The second-order valence-corrected chi connectivity index (χ2v) is 7.27. The predicted molar refractivity (Wildman–Crippen MR) is 110 cm³/mol. The molecule has 2 aromatic carbocycles. The van der Waals surface area contributed by atoms with Crippen LogP contribution >= 0.6 is 15.9 Å². The topological polar surface area (TPSA) is 65.5 Å². The van der Waals surface area contributed by atoms with Crippen LogP contribution < -0.4 is 16.0 Å². The maximum atomic E-state index is 13.3. The van der Waals surface area contributed by atoms with E-state index in [4.69, 9.17) is 0 Å². The lowest BCUT2D eigenvalue weighted by Gasteiger charge is -2.26. The zero-order valence-corrected chi connectivity index (χ0v) is 16.6. The van der Waals surface area contributed by atoms with E-state index in [9.17, 15) is 9.18 Å². The van der Waals surface area contributed by atoms with Crippen molar-refractivity contribution in [1.82, 2.24) is 10.6 Å². The smallest absolute Gasteiger partial charge is 0.225 e. The Labute approximate surface area is 166 Å². The second-order valence-electron chi connectivity index (χ2n) is 6.41. The lowest BCUT2D eigenvalue weighted by atomic mass is 9.90. The van der Waals surface area contributed by atoms with Crippen molar-refractivity contribution in [2.45, 2.75) is 18.8 Å². The highest BCUT2D eigenvalue weighted by molar-refractivity contribution is 9.10. The van der Waals surface area contributed by atoms with E-state index in [0.717, 1.165) is 23.2 Å². The number of nitrogens with one attached hydrogen (secondary N) is 3. The standard InChI is InChI=1S/C20H22BrFN4O/c1-23-20(24-9-8-13-6-7-17(22)16(21)10-13)25-12-14-11-19(27)26-18-5-3-2-4-15(14)18/h2-7,10,14H,8-9,11-12H2,1H3,(H,26,27)(H2,23,24,25). The van der Waals surface area contributed by atoms with Crippen LogP contribution in [0.3, 0.4) is 0 Å². The fourth-order valence-corrected chi connectivity index (χ4v) is 3.57. The number of guanidine groups is 1. The minimum absolute atomic E-state index is 0.0327. The molecule has 0 spiro atoms. The molecule has 27 heavy (non-hydrogen) atoms. The summed E-state index contributed by atoms with van der Waals surface area (Å²) in [6, 6.07) is 12.9. The second kappa shape index (κ2) is 8.99. The van der Waals surface area contributed by atoms with Gasteiger partial charge in [-0.3, -0.25) is 9.79 Å². The van der Waals surface area contributed by atoms with Gasteiger partial charge in [-0.1, -0.05) is 24.3 Å². The third kappa shape index (κ3) is 5.07. The molecule has 0 radical (unpaired) electrons. The van der Waals surface area contributed by atoms with E-state index in [0.29, 0.717) is 29.9 Å². The van der Waals surface area contributed by atoms with Gasteiger partial charge < -0.3 is 16.0 Å². The zero-order valence-electron chi connectivity index (χ0n) is 15.1. The van der Waals surface area contributed by atoms with Gasteiger partial charge in [0.05, 0.1) is 4.47 Å². The van der Waals surface area contributed by atoms with Crippen molar-refractivity contribution in [2.75, 3.05) is 25.5 Å². The third-order valence-corrected chi connectivity index (χ3v) is 5.14. The van der Waals surface area contributed by atoms with Gasteiger partial charge in [-0.25, -0.2) is 4.39 Å². The minimum atomic E-state index is -0.263. The lowest BCUT2D eigenvalue weighted by molar-refractivity contribution is -0.116. The minimum Gasteiger partial charge on any atom is -0.356 e. The van der Waals surface area contributed by atoms with Crippen molar-refractivity contribution in [2.24, 2.45) is 4.99 Å². The number of para-hydroxylation sites is 1. The summed E-state index contributed by atoms with van der Waals surface area (Å²) in [5, 5.41) is 9.46. The number of amides is 1. The fraction of sp³-hybridized carbons (Fsp3) is 0.300. The summed E-state index contributed by atoms with van der Waals surface area (Å²) in [6.45, 7) is 1.28. The van der Waals surface area contributed by atoms with Crippen molar-refractivity contribution in [1.29, 1.82) is 0 Å². The van der Waals surface area contributed by atoms with Gasteiger partial charge in [-0.2, -0.15) is 0 Å². The Hall–Kier alpha value is -2.41. The average Bonchev–Trinajstić information content (AvgIpc) is 2.67. The van der Waals surface area contributed by atoms with Crippen LogP contribution in [-0.2, 0) is 11.2 Å². The average molecular weight is 433 g/mol. The van der Waals surface area contributed by atoms with Gasteiger partial charge in [0, 0.05) is 38.2 Å². The number of benzene rings is 2. The number of hydrogen-bond donors (Lipinski definition) is 3. The Morgan fingerprint density at radius 1 is 1.30 bits per heavy atom. The molecule has 0 aromatic heterocycles. The number of rotatable bonds is 5. The summed E-state index contributed by atoms with van der Waals surface area (Å²) in [5.74, 6) is 0.549. The van der Waals surface area contributed by atoms with Gasteiger partial charge in [0.2, 0.25) is 5.91 Å². The summed E-state index contributed by atoms with van der Waals surface area (Å²) in [6.07, 6.45) is 1.19. The summed E-state index contributed by atoms with van der Waals surface area (Å²) in [4.78, 5) is 16.2. The molecule has 0 saturated heterocycles. The van der Waals surface area contributed by atoms with Gasteiger partial charge >= 0.3 is 0 Å². The first-order valence-electron chi connectivity index (χ1n) is 8.84. The predicted octanol–water partition coefficient (Wildman–Crippen LogP) is 3.42. The zero-order chi connectivity index (χ0) is 19.2. The highest BCUT2D eigenvalue weighted by Crippen LogP contribution is 2.31. The third-order valence-electron chi connectivity index (χ3n) is 4.54. The molecule has 1 aliphatic heterocycles. The summed E-state index contributed by atoms with van der Waals surface area (Å²) in [5.41, 5.74) is 3.05. The lowest BCUT2D eigenvalue weighted by Crippen LogP contribution is -2.41. The van der Waals surface area contributed by atoms with Crippen molar-refractivity contribution in [3.05, 3.63) is 63.9 Å². The number of carbonyl (C=O) groups excluding carboxylic acids is 1. The molecule has 0 bridgehead atoms. The number of fused-ring (bicyclic) bond motifs is 1. The molecule has 2 aromatic rings. The molecule has 0 aliphatic carbocycles. The molecule has 0 saturated carbocycles. The van der Waals surface area contributed by atoms with E-state index in [1.165, 1.54) is 6.07 Å². The molecule has 0 fully saturated rings. The maximum Gasteiger partial charge on any atom is 0.225 e. The highest BCUT2D eigenvalue weighted by Gasteiger charge is 2.24. The van der Waals surface area contributed by atoms with E-state index in [-0.39, 0.29) is 17.6 Å². The van der Waals surface area contributed by atoms with E-state index < -0.39 is 0 Å². The summed E-state index contributed by atoms with van der Waals surface area (Å²) in [7, 11) is 1.71. The van der Waals surface area contributed by atoms with Crippen LogP contribution in [-0.4, -0.2) is 32.0 Å². The molecular formula is C20H22BrFN4O. The molecule has 3 N–H and O–H groups in total. The number of carbonyl (C=O) groups is 1. The van der Waals surface area contributed by atoms with Gasteiger partial charge in [-0.05, 0) is 51.7 Å². The number of anilines is 1. The first-order valence-corrected chi connectivity index (χ1v) is 9.63. The van der Waals surface area contributed by atoms with Crippen LogP contribution in [0, 0.1) is 5.82 Å². The monoisotopic (exact) mass is 432 g/mol. The molecule has 142 valence electrons. The van der Waals surface area contributed by atoms with Crippen LogP contribution in [0.4, 0.5) is 10.1 Å². The molecule has 1 atom stereocenters. The quantitative estimate of drug-likeness (QED) is 0.500. The Morgan fingerprint density at radius 2 is 2.11 bits per heavy atom. The molecule has 1 unspecified atom stereocenters. The Bertz CT molecular complexity index is 856. The van der Waals surface area contributed by atoms with Gasteiger partial charge in [0.15, 0.2) is 5.96 Å².